The van der Waals surface area contributed by atoms with Crippen molar-refractivity contribution in [2.24, 2.45) is 0 Å². The third-order valence-corrected chi connectivity index (χ3v) is 4.43. The van der Waals surface area contributed by atoms with Crippen LogP contribution in [0, 0.1) is 0 Å². The van der Waals surface area contributed by atoms with E-state index in [1.54, 1.807) is 43.5 Å². The van der Waals surface area contributed by atoms with Crippen LogP contribution in [0.5, 0.6) is 17.2 Å². The fourth-order valence-electron chi connectivity index (χ4n) is 2.98. The second kappa shape index (κ2) is 7.78. The second-order valence-corrected chi connectivity index (χ2v) is 6.87. The first-order valence-corrected chi connectivity index (χ1v) is 8.78. The van der Waals surface area contributed by atoms with Gasteiger partial charge in [-0.05, 0) is 61.9 Å². The number of carbonyl (C=O) groups excluding carboxylic acids is 1. The van der Waals surface area contributed by atoms with Crippen molar-refractivity contribution in [3.63, 3.8) is 0 Å². The molecule has 0 aliphatic carbocycles. The van der Waals surface area contributed by atoms with E-state index >= 15 is 0 Å². The normalized spacial score (nSPS) is 14.3. The molecular formula is C22H23NO5. The zero-order valence-electron chi connectivity index (χ0n) is 16.3. The van der Waals surface area contributed by atoms with Gasteiger partial charge in [-0.1, -0.05) is 12.1 Å². The molecule has 0 saturated carbocycles. The molecule has 0 radical (unpaired) electrons. The van der Waals surface area contributed by atoms with Gasteiger partial charge in [-0.2, -0.15) is 0 Å². The summed E-state index contributed by atoms with van der Waals surface area (Å²) in [6.07, 6.45) is 6.99. The highest BCUT2D eigenvalue weighted by Gasteiger charge is 2.27. The Morgan fingerprint density at radius 1 is 1.14 bits per heavy atom. The number of hydrogen-bond acceptors (Lipinski definition) is 6. The zero-order chi connectivity index (χ0) is 20.3. The molecule has 6 nitrogen and oxygen atoms in total. The van der Waals surface area contributed by atoms with E-state index in [1.165, 1.54) is 13.2 Å². The Morgan fingerprint density at radius 3 is 2.54 bits per heavy atom. The number of ether oxygens (including phenoxy) is 3. The summed E-state index contributed by atoms with van der Waals surface area (Å²) in [6.45, 7) is 3.85. The van der Waals surface area contributed by atoms with Crippen molar-refractivity contribution >= 4 is 23.6 Å². The van der Waals surface area contributed by atoms with Crippen LogP contribution in [0.4, 0.5) is 5.69 Å². The van der Waals surface area contributed by atoms with Crippen molar-refractivity contribution in [1.29, 1.82) is 0 Å². The molecule has 3 rings (SSSR count). The number of fused-ring (bicyclic) bond motifs is 1. The average molecular weight is 381 g/mol. The first kappa shape index (κ1) is 19.5. The van der Waals surface area contributed by atoms with E-state index in [-0.39, 0.29) is 5.78 Å². The number of carbonyl (C=O) groups is 1. The number of hydrogen-bond donors (Lipinski definition) is 2. The fourth-order valence-corrected chi connectivity index (χ4v) is 2.98. The molecule has 0 bridgehead atoms. The Morgan fingerprint density at radius 2 is 1.86 bits per heavy atom. The molecule has 0 fully saturated rings. The quantitative estimate of drug-likeness (QED) is 0.433. The molecule has 6 heteroatoms. The Balaban J connectivity index is 1.94. The Kier molecular flexibility index (Phi) is 5.42. The molecule has 2 aromatic carbocycles. The molecule has 0 amide bonds. The Bertz CT molecular complexity index is 960. The third-order valence-electron chi connectivity index (χ3n) is 4.43. The highest BCUT2D eigenvalue weighted by Crippen LogP contribution is 2.40. The first-order valence-electron chi connectivity index (χ1n) is 8.78. The van der Waals surface area contributed by atoms with Crippen LogP contribution in [-0.4, -0.2) is 30.8 Å². The lowest BCUT2D eigenvalue weighted by atomic mass is 9.97. The smallest absolute Gasteiger partial charge is 0.189 e. The van der Waals surface area contributed by atoms with Crippen molar-refractivity contribution in [1.82, 2.24) is 0 Å². The van der Waals surface area contributed by atoms with Crippen molar-refractivity contribution in [3.05, 3.63) is 59.2 Å². The maximum Gasteiger partial charge on any atom is 0.189 e. The van der Waals surface area contributed by atoms with Gasteiger partial charge in [0.05, 0.1) is 25.3 Å². The summed E-state index contributed by atoms with van der Waals surface area (Å²) in [7, 11) is 3.10. The lowest BCUT2D eigenvalue weighted by Crippen LogP contribution is -2.28. The zero-order valence-corrected chi connectivity index (χ0v) is 16.3. The van der Waals surface area contributed by atoms with E-state index in [0.717, 1.165) is 11.1 Å². The van der Waals surface area contributed by atoms with Crippen LogP contribution in [0.25, 0.3) is 12.2 Å². The highest BCUT2D eigenvalue weighted by molar-refractivity contribution is 6.09. The van der Waals surface area contributed by atoms with Crippen molar-refractivity contribution in [2.75, 3.05) is 19.7 Å². The number of allylic oxidation sites excluding steroid dienone is 1. The van der Waals surface area contributed by atoms with Gasteiger partial charge in [-0.25, -0.2) is 0 Å². The topological polar surface area (TPSA) is 77.0 Å². The number of rotatable bonds is 6. The van der Waals surface area contributed by atoms with E-state index in [2.05, 4.69) is 5.48 Å². The molecule has 0 aromatic heterocycles. The number of benzene rings is 2. The molecule has 2 N–H and O–H groups in total. The van der Waals surface area contributed by atoms with Gasteiger partial charge in [0.1, 0.15) is 28.5 Å². The molecule has 146 valence electrons. The van der Waals surface area contributed by atoms with Crippen LogP contribution in [0.2, 0.25) is 0 Å². The minimum atomic E-state index is -0.518. The molecule has 0 unspecified atom stereocenters. The van der Waals surface area contributed by atoms with Crippen molar-refractivity contribution in [2.45, 2.75) is 19.4 Å². The first-order chi connectivity index (χ1) is 13.4. The highest BCUT2D eigenvalue weighted by atomic mass is 16.5. The van der Waals surface area contributed by atoms with Gasteiger partial charge in [0.15, 0.2) is 5.78 Å². The molecule has 0 spiro atoms. The summed E-state index contributed by atoms with van der Waals surface area (Å²) in [5.74, 6) is 1.46. The van der Waals surface area contributed by atoms with Gasteiger partial charge < -0.3 is 14.2 Å². The van der Waals surface area contributed by atoms with E-state index < -0.39 is 5.60 Å². The number of methoxy groups -OCH3 is 2. The molecule has 0 atom stereocenters. The van der Waals surface area contributed by atoms with E-state index in [0.29, 0.717) is 28.5 Å². The predicted octanol–water partition coefficient (Wildman–Crippen LogP) is 4.59. The van der Waals surface area contributed by atoms with Gasteiger partial charge in [-0.15, -0.1) is 0 Å². The summed E-state index contributed by atoms with van der Waals surface area (Å²) in [6, 6.07) is 8.62. The molecule has 1 aliphatic rings. The van der Waals surface area contributed by atoms with Crippen molar-refractivity contribution in [3.8, 4) is 17.2 Å². The summed E-state index contributed by atoms with van der Waals surface area (Å²) in [5, 5.41) is 9.20. The number of ketones is 1. The van der Waals surface area contributed by atoms with Crippen LogP contribution in [0.1, 0.15) is 35.3 Å². The summed E-state index contributed by atoms with van der Waals surface area (Å²) in [4.78, 5) is 12.9. The third kappa shape index (κ3) is 3.87. The monoisotopic (exact) mass is 381 g/mol. The molecule has 2 aromatic rings. The lowest BCUT2D eigenvalue weighted by Gasteiger charge is -2.29. The van der Waals surface area contributed by atoms with Crippen LogP contribution in [0.15, 0.2) is 42.5 Å². The van der Waals surface area contributed by atoms with E-state index in [9.17, 15) is 10.0 Å². The molecule has 1 heterocycles. The summed E-state index contributed by atoms with van der Waals surface area (Å²) < 4.78 is 16.6. The lowest BCUT2D eigenvalue weighted by molar-refractivity contribution is 0.103. The summed E-state index contributed by atoms with van der Waals surface area (Å²) in [5.41, 5.74) is 3.91. The minimum absolute atomic E-state index is 0.195. The van der Waals surface area contributed by atoms with Crippen LogP contribution >= 0.6 is 0 Å². The van der Waals surface area contributed by atoms with Gasteiger partial charge in [0, 0.05) is 0 Å². The largest absolute Gasteiger partial charge is 0.496 e. The maximum absolute atomic E-state index is 12.9. The minimum Gasteiger partial charge on any atom is -0.496 e. The van der Waals surface area contributed by atoms with E-state index in [1.807, 2.05) is 26.0 Å². The molecule has 1 aliphatic heterocycles. The number of anilines is 1. The Hall–Kier alpha value is -3.25. The predicted molar refractivity (Wildman–Crippen MR) is 109 cm³/mol. The van der Waals surface area contributed by atoms with Crippen LogP contribution < -0.4 is 19.7 Å². The summed E-state index contributed by atoms with van der Waals surface area (Å²) >= 11 is 0. The van der Waals surface area contributed by atoms with E-state index in [4.69, 9.17) is 14.2 Å². The van der Waals surface area contributed by atoms with Gasteiger partial charge in [-0.3, -0.25) is 15.5 Å². The Labute approximate surface area is 164 Å². The van der Waals surface area contributed by atoms with Gasteiger partial charge in [0.2, 0.25) is 0 Å². The average Bonchev–Trinajstić information content (AvgIpc) is 2.70. The second-order valence-electron chi connectivity index (χ2n) is 6.87. The van der Waals surface area contributed by atoms with Crippen LogP contribution in [0.3, 0.4) is 0 Å². The SMILES string of the molecule is COc1ccc(/C=C/C(=O)c2ccc(OC)c3c2OC(C)(C)C=C3)cc1NO. The molecule has 28 heavy (non-hydrogen) atoms. The molecular weight excluding hydrogens is 358 g/mol. The van der Waals surface area contributed by atoms with Crippen molar-refractivity contribution < 1.29 is 24.2 Å². The fraction of sp³-hybridized carbons (Fsp3) is 0.227. The number of nitrogens with one attached hydrogen (secondary N) is 1. The standard InChI is InChI=1S/C22H23NO5/c1-22(2)12-11-16-19(26-3)10-7-15(21(16)28-22)18(24)8-5-14-6-9-20(27-4)17(13-14)23-25/h5-13,23,25H,1-4H3/b8-5+. The van der Waals surface area contributed by atoms with Crippen LogP contribution in [-0.2, 0) is 0 Å². The van der Waals surface area contributed by atoms with Gasteiger partial charge in [0.25, 0.3) is 0 Å². The van der Waals surface area contributed by atoms with Gasteiger partial charge >= 0.3 is 0 Å². The molecule has 0 saturated heterocycles. The maximum atomic E-state index is 12.9.